The summed E-state index contributed by atoms with van der Waals surface area (Å²) in [5.74, 6) is -1.04. The molecule has 0 saturated carbocycles. The second kappa shape index (κ2) is 6.13. The first kappa shape index (κ1) is 14.6. The Balaban J connectivity index is 2.01. The standard InChI is InChI=1S/C15H16N2O4/c1-15(13(18)19,12-8-5-9-21-12)17-14(20)16-10-11-6-3-2-4-7-11/h2-9H,10H2,1H3,(H,18,19)(H2,16,17,20)/t15-/m1/s1. The molecule has 2 aromatic rings. The van der Waals surface area contributed by atoms with Crippen LogP contribution in [0, 0.1) is 0 Å². The van der Waals surface area contributed by atoms with Crippen LogP contribution in [0.25, 0.3) is 0 Å². The van der Waals surface area contributed by atoms with Gasteiger partial charge in [-0.25, -0.2) is 9.59 Å². The van der Waals surface area contributed by atoms with Gasteiger partial charge in [0.05, 0.1) is 6.26 Å². The minimum atomic E-state index is -1.62. The molecule has 1 heterocycles. The summed E-state index contributed by atoms with van der Waals surface area (Å²) in [5, 5.41) is 14.4. The number of carboxylic acids is 1. The fourth-order valence-corrected chi connectivity index (χ4v) is 1.83. The van der Waals surface area contributed by atoms with Crippen LogP contribution < -0.4 is 10.6 Å². The van der Waals surface area contributed by atoms with Crippen molar-refractivity contribution in [2.75, 3.05) is 0 Å². The van der Waals surface area contributed by atoms with Crippen molar-refractivity contribution in [3.05, 3.63) is 60.1 Å². The van der Waals surface area contributed by atoms with Gasteiger partial charge in [-0.15, -0.1) is 0 Å². The highest BCUT2D eigenvalue weighted by atomic mass is 16.4. The van der Waals surface area contributed by atoms with Gasteiger partial charge in [-0.05, 0) is 24.6 Å². The van der Waals surface area contributed by atoms with Crippen LogP contribution in [-0.4, -0.2) is 17.1 Å². The average Bonchev–Trinajstić information content (AvgIpc) is 3.00. The Morgan fingerprint density at radius 3 is 2.48 bits per heavy atom. The number of nitrogens with one attached hydrogen (secondary N) is 2. The molecule has 21 heavy (non-hydrogen) atoms. The molecule has 0 spiro atoms. The zero-order valence-electron chi connectivity index (χ0n) is 11.5. The SMILES string of the molecule is C[C@](NC(=O)NCc1ccccc1)(C(=O)O)c1ccco1. The molecule has 0 aliphatic rings. The maximum absolute atomic E-state index is 11.9. The van der Waals surface area contributed by atoms with Crippen LogP contribution >= 0.6 is 0 Å². The van der Waals surface area contributed by atoms with E-state index in [0.717, 1.165) is 5.56 Å². The van der Waals surface area contributed by atoms with Gasteiger partial charge in [0.1, 0.15) is 5.76 Å². The summed E-state index contributed by atoms with van der Waals surface area (Å²) >= 11 is 0. The van der Waals surface area contributed by atoms with E-state index in [-0.39, 0.29) is 5.76 Å². The lowest BCUT2D eigenvalue weighted by molar-refractivity contribution is -0.144. The monoisotopic (exact) mass is 288 g/mol. The Labute approximate surface area is 121 Å². The molecule has 6 heteroatoms. The molecule has 110 valence electrons. The molecule has 3 N–H and O–H groups in total. The largest absolute Gasteiger partial charge is 0.479 e. The smallest absolute Gasteiger partial charge is 0.337 e. The van der Waals surface area contributed by atoms with Gasteiger partial charge >= 0.3 is 12.0 Å². The summed E-state index contributed by atoms with van der Waals surface area (Å²) in [7, 11) is 0. The molecule has 0 aliphatic carbocycles. The molecule has 6 nitrogen and oxygen atoms in total. The molecular formula is C15H16N2O4. The van der Waals surface area contributed by atoms with E-state index >= 15 is 0 Å². The fraction of sp³-hybridized carbons (Fsp3) is 0.200. The van der Waals surface area contributed by atoms with Crippen molar-refractivity contribution in [3.63, 3.8) is 0 Å². The molecule has 0 aliphatic heterocycles. The molecule has 0 unspecified atom stereocenters. The highest BCUT2D eigenvalue weighted by Crippen LogP contribution is 2.21. The highest BCUT2D eigenvalue weighted by Gasteiger charge is 2.39. The quantitative estimate of drug-likeness (QED) is 0.785. The van der Waals surface area contributed by atoms with Gasteiger partial charge in [-0.2, -0.15) is 0 Å². The van der Waals surface area contributed by atoms with E-state index in [1.54, 1.807) is 6.07 Å². The molecule has 0 saturated heterocycles. The number of benzene rings is 1. The van der Waals surface area contributed by atoms with Gasteiger partial charge in [0.15, 0.2) is 5.54 Å². The molecule has 2 rings (SSSR count). The molecule has 0 bridgehead atoms. The fourth-order valence-electron chi connectivity index (χ4n) is 1.83. The van der Waals surface area contributed by atoms with Gasteiger partial charge < -0.3 is 20.2 Å². The van der Waals surface area contributed by atoms with E-state index < -0.39 is 17.5 Å². The number of carboxylic acid groups (broad SMARTS) is 1. The minimum Gasteiger partial charge on any atom is -0.479 e. The van der Waals surface area contributed by atoms with Crippen LogP contribution in [0.1, 0.15) is 18.2 Å². The third-order valence-electron chi connectivity index (χ3n) is 3.10. The van der Waals surface area contributed by atoms with Crippen molar-refractivity contribution in [2.45, 2.75) is 19.0 Å². The zero-order valence-corrected chi connectivity index (χ0v) is 11.5. The second-order valence-corrected chi connectivity index (χ2v) is 4.70. The average molecular weight is 288 g/mol. The molecule has 1 aromatic heterocycles. The maximum Gasteiger partial charge on any atom is 0.337 e. The predicted octanol–water partition coefficient (Wildman–Crippen LogP) is 2.08. The lowest BCUT2D eigenvalue weighted by atomic mass is 9.99. The van der Waals surface area contributed by atoms with Gasteiger partial charge in [-0.3, -0.25) is 0 Å². The van der Waals surface area contributed by atoms with Crippen LogP contribution in [0.15, 0.2) is 53.1 Å². The summed E-state index contributed by atoms with van der Waals surface area (Å²) < 4.78 is 5.10. The van der Waals surface area contributed by atoms with Gasteiger partial charge in [0, 0.05) is 6.54 Å². The second-order valence-electron chi connectivity index (χ2n) is 4.70. The normalized spacial score (nSPS) is 13.2. The van der Waals surface area contributed by atoms with E-state index in [1.807, 2.05) is 30.3 Å². The Morgan fingerprint density at radius 1 is 1.19 bits per heavy atom. The lowest BCUT2D eigenvalue weighted by Gasteiger charge is -2.24. The summed E-state index contributed by atoms with van der Waals surface area (Å²) in [5.41, 5.74) is -0.702. The summed E-state index contributed by atoms with van der Waals surface area (Å²) in [6.07, 6.45) is 1.36. The zero-order chi connectivity index (χ0) is 15.3. The van der Waals surface area contributed by atoms with E-state index in [4.69, 9.17) is 4.42 Å². The first-order valence-corrected chi connectivity index (χ1v) is 6.39. The third kappa shape index (κ3) is 3.42. The maximum atomic E-state index is 11.9. The summed E-state index contributed by atoms with van der Waals surface area (Å²) in [6.45, 7) is 1.68. The Morgan fingerprint density at radius 2 is 1.90 bits per heavy atom. The number of carbonyl (C=O) groups is 2. The van der Waals surface area contributed by atoms with Gasteiger partial charge in [0.2, 0.25) is 0 Å². The van der Waals surface area contributed by atoms with Gasteiger partial charge in [0.25, 0.3) is 0 Å². The van der Waals surface area contributed by atoms with Crippen LogP contribution in [0.3, 0.4) is 0 Å². The van der Waals surface area contributed by atoms with Crippen molar-refractivity contribution in [1.82, 2.24) is 10.6 Å². The number of hydrogen-bond donors (Lipinski definition) is 3. The summed E-state index contributed by atoms with van der Waals surface area (Å²) in [4.78, 5) is 23.3. The topological polar surface area (TPSA) is 91.6 Å². The first-order valence-electron chi connectivity index (χ1n) is 6.39. The first-order chi connectivity index (χ1) is 10.0. The van der Waals surface area contributed by atoms with Gasteiger partial charge in [-0.1, -0.05) is 30.3 Å². The number of rotatable bonds is 5. The molecular weight excluding hydrogens is 272 g/mol. The van der Waals surface area contributed by atoms with E-state index in [0.29, 0.717) is 6.54 Å². The molecule has 2 amide bonds. The van der Waals surface area contributed by atoms with E-state index in [9.17, 15) is 14.7 Å². The summed E-state index contributed by atoms with van der Waals surface area (Å²) in [6, 6.07) is 11.8. The molecule has 1 aromatic carbocycles. The van der Waals surface area contributed by atoms with Crippen molar-refractivity contribution >= 4 is 12.0 Å². The van der Waals surface area contributed by atoms with Crippen LogP contribution in [-0.2, 0) is 16.9 Å². The number of furan rings is 1. The van der Waals surface area contributed by atoms with Crippen molar-refractivity contribution in [3.8, 4) is 0 Å². The predicted molar refractivity (Wildman–Crippen MR) is 75.5 cm³/mol. The number of aliphatic carboxylic acids is 1. The number of amides is 2. The van der Waals surface area contributed by atoms with Crippen LogP contribution in [0.5, 0.6) is 0 Å². The third-order valence-corrected chi connectivity index (χ3v) is 3.10. The van der Waals surface area contributed by atoms with Crippen LogP contribution in [0.2, 0.25) is 0 Å². The Kier molecular flexibility index (Phi) is 4.27. The van der Waals surface area contributed by atoms with E-state index in [2.05, 4.69) is 10.6 Å². The van der Waals surface area contributed by atoms with Crippen molar-refractivity contribution < 1.29 is 19.1 Å². The minimum absolute atomic E-state index is 0.157. The van der Waals surface area contributed by atoms with Crippen LogP contribution in [0.4, 0.5) is 4.79 Å². The molecule has 1 atom stereocenters. The highest BCUT2D eigenvalue weighted by molar-refractivity contribution is 5.86. The Hall–Kier alpha value is -2.76. The Bertz CT molecular complexity index is 610. The lowest BCUT2D eigenvalue weighted by Crippen LogP contribution is -2.52. The van der Waals surface area contributed by atoms with Crippen molar-refractivity contribution in [1.29, 1.82) is 0 Å². The number of carbonyl (C=O) groups excluding carboxylic acids is 1. The number of urea groups is 1. The molecule has 0 radical (unpaired) electrons. The van der Waals surface area contributed by atoms with Crippen molar-refractivity contribution in [2.24, 2.45) is 0 Å². The van der Waals surface area contributed by atoms with E-state index in [1.165, 1.54) is 19.3 Å². The molecule has 0 fully saturated rings. The number of hydrogen-bond acceptors (Lipinski definition) is 3.